The number of hydrogen-bond donors (Lipinski definition) is 3. The van der Waals surface area contributed by atoms with Gasteiger partial charge in [-0.3, -0.25) is 9.78 Å². The number of H-pyrrole nitrogens is 2. The Hall–Kier alpha value is -1.35. The van der Waals surface area contributed by atoms with Gasteiger partial charge in [-0.1, -0.05) is 0 Å². The van der Waals surface area contributed by atoms with Crippen LogP contribution in [0.15, 0.2) is 4.79 Å². The average molecular weight is 236 g/mol. The molecule has 16 heavy (non-hydrogen) atoms. The van der Waals surface area contributed by atoms with Gasteiger partial charge in [0.15, 0.2) is 0 Å². The highest BCUT2D eigenvalue weighted by atomic mass is 31.0. The number of aryl methyl sites for hydroxylation is 2. The molecule has 2 aromatic rings. The van der Waals surface area contributed by atoms with Crippen LogP contribution in [0.3, 0.4) is 0 Å². The SMILES string of the molecule is O=c1[nH]c(NP)nc2[nH]c3c(c12)CCCC3. The van der Waals surface area contributed by atoms with Crippen LogP contribution in [0.25, 0.3) is 11.0 Å². The fourth-order valence-electron chi connectivity index (χ4n) is 2.37. The van der Waals surface area contributed by atoms with Crippen molar-refractivity contribution >= 4 is 26.4 Å². The normalized spacial score (nSPS) is 15.1. The molecule has 0 amide bonds. The lowest BCUT2D eigenvalue weighted by Crippen LogP contribution is -2.11. The van der Waals surface area contributed by atoms with Crippen molar-refractivity contribution in [2.45, 2.75) is 25.7 Å². The molecule has 0 fully saturated rings. The molecule has 2 aromatic heterocycles. The number of nitrogens with one attached hydrogen (secondary N) is 3. The van der Waals surface area contributed by atoms with Gasteiger partial charge in [-0.2, -0.15) is 4.98 Å². The largest absolute Gasteiger partial charge is 0.343 e. The first-order valence-corrected chi connectivity index (χ1v) is 5.97. The Balaban J connectivity index is 2.34. The zero-order valence-corrected chi connectivity index (χ0v) is 9.92. The van der Waals surface area contributed by atoms with E-state index in [4.69, 9.17) is 0 Å². The van der Waals surface area contributed by atoms with Crippen LogP contribution >= 0.6 is 9.39 Å². The summed E-state index contributed by atoms with van der Waals surface area (Å²) in [5.74, 6) is 0.473. The lowest BCUT2D eigenvalue weighted by Gasteiger charge is -2.09. The minimum Gasteiger partial charge on any atom is -0.343 e. The Labute approximate surface area is 94.3 Å². The smallest absolute Gasteiger partial charge is 0.262 e. The predicted molar refractivity (Wildman–Crippen MR) is 66.7 cm³/mol. The van der Waals surface area contributed by atoms with Crippen molar-refractivity contribution in [2.75, 3.05) is 5.09 Å². The molecule has 1 aliphatic carbocycles. The van der Waals surface area contributed by atoms with Crippen molar-refractivity contribution in [1.29, 1.82) is 0 Å². The van der Waals surface area contributed by atoms with E-state index in [0.29, 0.717) is 11.6 Å². The lowest BCUT2D eigenvalue weighted by atomic mass is 9.96. The van der Waals surface area contributed by atoms with E-state index in [-0.39, 0.29) is 5.56 Å². The maximum atomic E-state index is 11.9. The van der Waals surface area contributed by atoms with Gasteiger partial charge in [0, 0.05) is 5.69 Å². The number of anilines is 1. The van der Waals surface area contributed by atoms with Crippen molar-refractivity contribution in [3.05, 3.63) is 21.6 Å². The van der Waals surface area contributed by atoms with E-state index in [1.54, 1.807) is 0 Å². The summed E-state index contributed by atoms with van der Waals surface area (Å²) in [5.41, 5.74) is 2.97. The number of aromatic amines is 2. The molecule has 6 heteroatoms. The van der Waals surface area contributed by atoms with Crippen LogP contribution in [0.2, 0.25) is 0 Å². The number of hydrogen-bond acceptors (Lipinski definition) is 3. The second-order valence-electron chi connectivity index (χ2n) is 4.07. The Bertz CT molecular complexity index is 601. The fourth-order valence-corrected chi connectivity index (χ4v) is 2.51. The Morgan fingerprint density at radius 3 is 2.88 bits per heavy atom. The quantitative estimate of drug-likeness (QED) is 0.654. The molecular weight excluding hydrogens is 223 g/mol. The molecule has 84 valence electrons. The van der Waals surface area contributed by atoms with Gasteiger partial charge in [-0.15, -0.1) is 0 Å². The van der Waals surface area contributed by atoms with Crippen LogP contribution in [-0.4, -0.2) is 15.0 Å². The van der Waals surface area contributed by atoms with Gasteiger partial charge in [0.1, 0.15) is 5.65 Å². The maximum Gasteiger partial charge on any atom is 0.262 e. The highest BCUT2D eigenvalue weighted by molar-refractivity contribution is 7.18. The van der Waals surface area contributed by atoms with Crippen LogP contribution in [0.1, 0.15) is 24.1 Å². The number of fused-ring (bicyclic) bond motifs is 3. The van der Waals surface area contributed by atoms with Gasteiger partial charge in [-0.25, -0.2) is 0 Å². The third kappa shape index (κ3) is 1.35. The van der Waals surface area contributed by atoms with Crippen molar-refractivity contribution < 1.29 is 0 Å². The Morgan fingerprint density at radius 2 is 2.06 bits per heavy atom. The standard InChI is InChI=1S/C10H13N4OP/c15-9-7-5-3-1-2-4-6(5)11-8(7)12-10(13-9)14-16/h1-4,16H2,(H3,11,12,13,14,15). The second-order valence-corrected chi connectivity index (χ2v) is 4.36. The van der Waals surface area contributed by atoms with Gasteiger partial charge in [0.2, 0.25) is 5.95 Å². The molecule has 0 saturated heterocycles. The molecule has 0 bridgehead atoms. The molecule has 0 aromatic carbocycles. The van der Waals surface area contributed by atoms with Crippen molar-refractivity contribution in [2.24, 2.45) is 0 Å². The minimum absolute atomic E-state index is 0.0608. The molecule has 1 unspecified atom stereocenters. The molecule has 1 aliphatic rings. The van der Waals surface area contributed by atoms with E-state index in [0.717, 1.165) is 30.2 Å². The van der Waals surface area contributed by atoms with Gasteiger partial charge >= 0.3 is 0 Å². The molecule has 2 heterocycles. The molecule has 1 atom stereocenters. The molecular formula is C10H13N4OP. The van der Waals surface area contributed by atoms with Crippen molar-refractivity contribution in [3.63, 3.8) is 0 Å². The molecule has 0 aliphatic heterocycles. The van der Waals surface area contributed by atoms with Crippen LogP contribution in [0, 0.1) is 0 Å². The van der Waals surface area contributed by atoms with Crippen LogP contribution in [-0.2, 0) is 12.8 Å². The topological polar surface area (TPSA) is 73.6 Å². The third-order valence-electron chi connectivity index (χ3n) is 3.10. The van der Waals surface area contributed by atoms with Crippen molar-refractivity contribution in [3.8, 4) is 0 Å². The first kappa shape index (κ1) is 9.85. The summed E-state index contributed by atoms with van der Waals surface area (Å²) in [6.45, 7) is 0. The van der Waals surface area contributed by atoms with Gasteiger partial charge in [-0.05, 0) is 40.6 Å². The average Bonchev–Trinajstić information content (AvgIpc) is 2.67. The summed E-state index contributed by atoms with van der Waals surface area (Å²) >= 11 is 0. The lowest BCUT2D eigenvalue weighted by molar-refractivity contribution is 0.679. The number of nitrogens with zero attached hydrogens (tertiary/aromatic N) is 1. The third-order valence-corrected chi connectivity index (χ3v) is 3.37. The molecule has 3 N–H and O–H groups in total. The molecule has 3 rings (SSSR count). The molecule has 5 nitrogen and oxygen atoms in total. The van der Waals surface area contributed by atoms with E-state index < -0.39 is 0 Å². The Kier molecular flexibility index (Phi) is 2.21. The summed E-state index contributed by atoms with van der Waals surface area (Å²) in [4.78, 5) is 22.2. The first-order chi connectivity index (χ1) is 7.79. The van der Waals surface area contributed by atoms with Crippen LogP contribution < -0.4 is 10.6 Å². The highest BCUT2D eigenvalue weighted by Crippen LogP contribution is 2.26. The second kappa shape index (κ2) is 3.59. The van der Waals surface area contributed by atoms with Gasteiger partial charge < -0.3 is 10.1 Å². The summed E-state index contributed by atoms with van der Waals surface area (Å²) in [7, 11) is 2.33. The van der Waals surface area contributed by atoms with Gasteiger partial charge in [0.05, 0.1) is 5.39 Å². The zero-order chi connectivity index (χ0) is 11.1. The summed E-state index contributed by atoms with van der Waals surface area (Å²) in [6.07, 6.45) is 4.35. The molecule has 0 spiro atoms. The van der Waals surface area contributed by atoms with E-state index in [1.165, 1.54) is 12.1 Å². The maximum absolute atomic E-state index is 11.9. The van der Waals surface area contributed by atoms with Crippen LogP contribution in [0.4, 0.5) is 5.95 Å². The van der Waals surface area contributed by atoms with Crippen LogP contribution in [0.5, 0.6) is 0 Å². The summed E-state index contributed by atoms with van der Waals surface area (Å²) < 4.78 is 0. The van der Waals surface area contributed by atoms with Crippen molar-refractivity contribution in [1.82, 2.24) is 15.0 Å². The highest BCUT2D eigenvalue weighted by Gasteiger charge is 2.18. The van der Waals surface area contributed by atoms with E-state index >= 15 is 0 Å². The Morgan fingerprint density at radius 1 is 1.25 bits per heavy atom. The summed E-state index contributed by atoms with van der Waals surface area (Å²) in [5, 5.41) is 3.51. The van der Waals surface area contributed by atoms with Gasteiger partial charge in [0.25, 0.3) is 5.56 Å². The minimum atomic E-state index is -0.0608. The fraction of sp³-hybridized carbons (Fsp3) is 0.400. The monoisotopic (exact) mass is 236 g/mol. The zero-order valence-electron chi connectivity index (χ0n) is 8.76. The van der Waals surface area contributed by atoms with E-state index in [2.05, 4.69) is 29.4 Å². The predicted octanol–water partition coefficient (Wildman–Crippen LogP) is 1.33. The first-order valence-electron chi connectivity index (χ1n) is 5.40. The molecule has 0 saturated carbocycles. The molecule has 0 radical (unpaired) electrons. The summed E-state index contributed by atoms with van der Waals surface area (Å²) in [6, 6.07) is 0. The van der Waals surface area contributed by atoms with E-state index in [1.807, 2.05) is 0 Å². The number of rotatable bonds is 1. The number of aromatic nitrogens is 3. The van der Waals surface area contributed by atoms with E-state index in [9.17, 15) is 4.79 Å².